The van der Waals surface area contributed by atoms with Crippen LogP contribution in [-0.2, 0) is 11.3 Å². The van der Waals surface area contributed by atoms with Crippen LogP contribution < -0.4 is 5.73 Å². The van der Waals surface area contributed by atoms with Gasteiger partial charge in [0, 0.05) is 19.3 Å². The van der Waals surface area contributed by atoms with Gasteiger partial charge in [-0.05, 0) is 12.8 Å². The van der Waals surface area contributed by atoms with Crippen molar-refractivity contribution in [2.45, 2.75) is 25.5 Å². The van der Waals surface area contributed by atoms with Crippen molar-refractivity contribution in [2.75, 3.05) is 12.3 Å². The molecule has 2 heterocycles. The van der Waals surface area contributed by atoms with Crippen LogP contribution in [0.4, 0.5) is 5.82 Å². The van der Waals surface area contributed by atoms with Crippen LogP contribution in [0.3, 0.4) is 0 Å². The lowest BCUT2D eigenvalue weighted by Crippen LogP contribution is -2.13. The molecule has 1 atom stereocenters. The van der Waals surface area contributed by atoms with Gasteiger partial charge >= 0.3 is 0 Å². The van der Waals surface area contributed by atoms with E-state index in [0.29, 0.717) is 11.9 Å². The molecular weight excluding hydrogens is 154 g/mol. The molecule has 1 saturated heterocycles. The highest BCUT2D eigenvalue weighted by atomic mass is 16.5. The van der Waals surface area contributed by atoms with Gasteiger partial charge in [-0.3, -0.25) is 0 Å². The number of ether oxygens (including phenoxy) is 1. The second-order valence-corrected chi connectivity index (χ2v) is 3.13. The zero-order valence-corrected chi connectivity index (χ0v) is 6.94. The van der Waals surface area contributed by atoms with Gasteiger partial charge in [0.1, 0.15) is 5.82 Å². The van der Waals surface area contributed by atoms with Crippen LogP contribution in [0.2, 0.25) is 0 Å². The molecular formula is C8H13N3O. The lowest BCUT2D eigenvalue weighted by molar-refractivity contribution is 0.0970. The predicted octanol–water partition coefficient (Wildman–Crippen LogP) is 0.644. The standard InChI is InChI=1S/C8H13N3O/c9-8-5-11(6-10-8)4-7-2-1-3-12-7/h5-7H,1-4,9H2/t7-/m1/s1. The maximum Gasteiger partial charge on any atom is 0.141 e. The van der Waals surface area contributed by atoms with Gasteiger partial charge in [-0.15, -0.1) is 0 Å². The first-order valence-corrected chi connectivity index (χ1v) is 4.23. The first kappa shape index (κ1) is 7.61. The number of anilines is 1. The molecule has 0 aliphatic carbocycles. The maximum absolute atomic E-state index is 5.48. The van der Waals surface area contributed by atoms with E-state index in [1.54, 1.807) is 6.33 Å². The van der Waals surface area contributed by atoms with Crippen molar-refractivity contribution in [3.05, 3.63) is 12.5 Å². The van der Waals surface area contributed by atoms with Crippen molar-refractivity contribution in [1.82, 2.24) is 9.55 Å². The second-order valence-electron chi connectivity index (χ2n) is 3.13. The Bertz CT molecular complexity index is 253. The fourth-order valence-electron chi connectivity index (χ4n) is 1.50. The summed E-state index contributed by atoms with van der Waals surface area (Å²) in [4.78, 5) is 3.94. The van der Waals surface area contributed by atoms with Gasteiger partial charge in [-0.25, -0.2) is 4.98 Å². The van der Waals surface area contributed by atoms with E-state index < -0.39 is 0 Å². The zero-order chi connectivity index (χ0) is 8.39. The molecule has 4 nitrogen and oxygen atoms in total. The van der Waals surface area contributed by atoms with Crippen LogP contribution in [0, 0.1) is 0 Å². The molecule has 0 bridgehead atoms. The zero-order valence-electron chi connectivity index (χ0n) is 6.94. The molecule has 66 valence electrons. The maximum atomic E-state index is 5.48. The number of nitrogens with two attached hydrogens (primary N) is 1. The van der Waals surface area contributed by atoms with Crippen LogP contribution in [0.5, 0.6) is 0 Å². The van der Waals surface area contributed by atoms with E-state index in [1.807, 2.05) is 10.8 Å². The lowest BCUT2D eigenvalue weighted by atomic mass is 10.2. The minimum Gasteiger partial charge on any atom is -0.382 e. The third-order valence-corrected chi connectivity index (χ3v) is 2.09. The van der Waals surface area contributed by atoms with E-state index in [4.69, 9.17) is 10.5 Å². The smallest absolute Gasteiger partial charge is 0.141 e. The summed E-state index contributed by atoms with van der Waals surface area (Å²) in [7, 11) is 0. The van der Waals surface area contributed by atoms with Crippen LogP contribution in [0.1, 0.15) is 12.8 Å². The summed E-state index contributed by atoms with van der Waals surface area (Å²) in [5.41, 5.74) is 5.48. The van der Waals surface area contributed by atoms with Gasteiger partial charge in [0.2, 0.25) is 0 Å². The Kier molecular flexibility index (Phi) is 1.99. The summed E-state index contributed by atoms with van der Waals surface area (Å²) >= 11 is 0. The molecule has 0 saturated carbocycles. The molecule has 2 N–H and O–H groups in total. The summed E-state index contributed by atoms with van der Waals surface area (Å²) < 4.78 is 7.45. The molecule has 2 rings (SSSR count). The third-order valence-electron chi connectivity index (χ3n) is 2.09. The molecule has 0 spiro atoms. The van der Waals surface area contributed by atoms with Gasteiger partial charge in [0.05, 0.1) is 12.4 Å². The largest absolute Gasteiger partial charge is 0.382 e. The van der Waals surface area contributed by atoms with Crippen LogP contribution in [0.25, 0.3) is 0 Å². The van der Waals surface area contributed by atoms with Gasteiger partial charge < -0.3 is 15.0 Å². The van der Waals surface area contributed by atoms with Crippen LogP contribution >= 0.6 is 0 Å². The quantitative estimate of drug-likeness (QED) is 0.703. The number of aromatic nitrogens is 2. The minimum absolute atomic E-state index is 0.360. The van der Waals surface area contributed by atoms with Crippen molar-refractivity contribution in [3.8, 4) is 0 Å². The molecule has 4 heteroatoms. The average Bonchev–Trinajstić information content (AvgIpc) is 2.63. The first-order chi connectivity index (χ1) is 5.84. The Morgan fingerprint density at radius 3 is 3.25 bits per heavy atom. The lowest BCUT2D eigenvalue weighted by Gasteiger charge is -2.08. The summed E-state index contributed by atoms with van der Waals surface area (Å²) in [6.07, 6.45) is 6.27. The third kappa shape index (κ3) is 1.58. The molecule has 0 radical (unpaired) electrons. The van der Waals surface area contributed by atoms with Crippen molar-refractivity contribution in [2.24, 2.45) is 0 Å². The Morgan fingerprint density at radius 2 is 2.67 bits per heavy atom. The van der Waals surface area contributed by atoms with Crippen molar-refractivity contribution in [1.29, 1.82) is 0 Å². The first-order valence-electron chi connectivity index (χ1n) is 4.23. The number of nitrogen functional groups attached to an aromatic ring is 1. The number of imidazole rings is 1. The van der Waals surface area contributed by atoms with Gasteiger partial charge in [0.15, 0.2) is 0 Å². The topological polar surface area (TPSA) is 53.1 Å². The molecule has 0 aromatic carbocycles. The second kappa shape index (κ2) is 3.15. The van der Waals surface area contributed by atoms with Gasteiger partial charge in [-0.2, -0.15) is 0 Å². The van der Waals surface area contributed by atoms with E-state index in [0.717, 1.165) is 19.6 Å². The average molecular weight is 167 g/mol. The van der Waals surface area contributed by atoms with Gasteiger partial charge in [0.25, 0.3) is 0 Å². The number of rotatable bonds is 2. The van der Waals surface area contributed by atoms with Crippen molar-refractivity contribution in [3.63, 3.8) is 0 Å². The summed E-state index contributed by atoms with van der Waals surface area (Å²) in [5, 5.41) is 0. The number of hydrogen-bond acceptors (Lipinski definition) is 3. The normalized spacial score (nSPS) is 23.2. The summed E-state index contributed by atoms with van der Waals surface area (Å²) in [5.74, 6) is 0.577. The molecule has 1 aliphatic rings. The molecule has 0 unspecified atom stereocenters. The predicted molar refractivity (Wildman–Crippen MR) is 45.6 cm³/mol. The monoisotopic (exact) mass is 167 g/mol. The van der Waals surface area contributed by atoms with Gasteiger partial charge in [-0.1, -0.05) is 0 Å². The van der Waals surface area contributed by atoms with E-state index in [2.05, 4.69) is 4.98 Å². The summed E-state index contributed by atoms with van der Waals surface area (Å²) in [6.45, 7) is 1.78. The highest BCUT2D eigenvalue weighted by Crippen LogP contribution is 2.14. The molecule has 0 amide bonds. The Hall–Kier alpha value is -1.03. The Labute approximate surface area is 71.3 Å². The minimum atomic E-state index is 0.360. The fraction of sp³-hybridized carbons (Fsp3) is 0.625. The highest BCUT2D eigenvalue weighted by Gasteiger charge is 2.15. The van der Waals surface area contributed by atoms with E-state index in [-0.39, 0.29) is 0 Å². The molecule has 12 heavy (non-hydrogen) atoms. The Morgan fingerprint density at radius 1 is 1.75 bits per heavy atom. The molecule has 1 fully saturated rings. The van der Waals surface area contributed by atoms with Crippen LogP contribution in [0.15, 0.2) is 12.5 Å². The van der Waals surface area contributed by atoms with Crippen molar-refractivity contribution >= 4 is 5.82 Å². The number of hydrogen-bond donors (Lipinski definition) is 1. The van der Waals surface area contributed by atoms with Crippen molar-refractivity contribution < 1.29 is 4.74 Å². The molecule has 1 aromatic heterocycles. The van der Waals surface area contributed by atoms with E-state index >= 15 is 0 Å². The fourth-order valence-corrected chi connectivity index (χ4v) is 1.50. The van der Waals surface area contributed by atoms with E-state index in [1.165, 1.54) is 6.42 Å². The highest BCUT2D eigenvalue weighted by molar-refractivity contribution is 5.22. The van der Waals surface area contributed by atoms with Crippen LogP contribution in [-0.4, -0.2) is 22.3 Å². The Balaban J connectivity index is 1.94. The van der Waals surface area contributed by atoms with E-state index in [9.17, 15) is 0 Å². The summed E-state index contributed by atoms with van der Waals surface area (Å²) in [6, 6.07) is 0. The molecule has 1 aromatic rings. The molecule has 1 aliphatic heterocycles. The SMILES string of the molecule is Nc1cn(C[C@H]2CCCO2)cn1. The number of nitrogens with zero attached hydrogens (tertiary/aromatic N) is 2.